The third-order valence-corrected chi connectivity index (χ3v) is 7.02. The number of anilines is 2. The molecular weight excluding hydrogens is 474 g/mol. The van der Waals surface area contributed by atoms with E-state index < -0.39 is 11.7 Å². The van der Waals surface area contributed by atoms with Crippen LogP contribution >= 0.6 is 11.3 Å². The molecule has 36 heavy (non-hydrogen) atoms. The van der Waals surface area contributed by atoms with Crippen LogP contribution in [0.15, 0.2) is 36.0 Å². The van der Waals surface area contributed by atoms with Crippen LogP contribution in [0.5, 0.6) is 0 Å². The van der Waals surface area contributed by atoms with Gasteiger partial charge in [0.1, 0.15) is 11.3 Å². The van der Waals surface area contributed by atoms with E-state index in [1.807, 2.05) is 32.9 Å². The number of alkyl carbamates (subject to hydrolysis) is 1. The Balaban J connectivity index is 1.52. The highest BCUT2D eigenvalue weighted by Gasteiger charge is 2.29. The number of hydrogen-bond donors (Lipinski definition) is 2. The van der Waals surface area contributed by atoms with Gasteiger partial charge in [0.15, 0.2) is 0 Å². The summed E-state index contributed by atoms with van der Waals surface area (Å²) in [7, 11) is 0. The second-order valence-corrected chi connectivity index (χ2v) is 11.7. The fraction of sp³-hybridized carbons (Fsp3) is 0.481. The zero-order valence-corrected chi connectivity index (χ0v) is 22.6. The molecular formula is C27H35N5O3S. The second kappa shape index (κ2) is 10.4. The normalized spacial score (nSPS) is 18.4. The molecule has 4 rings (SSSR count). The highest BCUT2D eigenvalue weighted by molar-refractivity contribution is 7.17. The summed E-state index contributed by atoms with van der Waals surface area (Å²) in [5.74, 6) is 0.394. The third kappa shape index (κ3) is 6.13. The van der Waals surface area contributed by atoms with E-state index in [0.717, 1.165) is 34.4 Å². The first-order valence-corrected chi connectivity index (χ1v) is 13.3. The molecule has 2 atom stereocenters. The summed E-state index contributed by atoms with van der Waals surface area (Å²) in [6.45, 7) is 13.4. The number of amides is 2. The lowest BCUT2D eigenvalue weighted by molar-refractivity contribution is 0.0495. The van der Waals surface area contributed by atoms with Crippen LogP contribution in [0.2, 0.25) is 0 Å². The maximum atomic E-state index is 13.2. The number of carbonyl (C=O) groups is 2. The van der Waals surface area contributed by atoms with Crippen LogP contribution in [0.1, 0.15) is 69.9 Å². The Morgan fingerprint density at radius 1 is 1.19 bits per heavy atom. The minimum absolute atomic E-state index is 0.0718. The van der Waals surface area contributed by atoms with Crippen molar-refractivity contribution in [1.82, 2.24) is 15.3 Å². The first-order valence-electron chi connectivity index (χ1n) is 12.4. The van der Waals surface area contributed by atoms with Gasteiger partial charge < -0.3 is 20.3 Å². The number of rotatable bonds is 5. The minimum atomic E-state index is -0.553. The fourth-order valence-corrected chi connectivity index (χ4v) is 5.60. The van der Waals surface area contributed by atoms with Crippen molar-refractivity contribution in [1.29, 1.82) is 0 Å². The molecule has 0 aliphatic carbocycles. The van der Waals surface area contributed by atoms with E-state index >= 15 is 0 Å². The van der Waals surface area contributed by atoms with Gasteiger partial charge in [-0.1, -0.05) is 20.8 Å². The largest absolute Gasteiger partial charge is 0.444 e. The quantitative estimate of drug-likeness (QED) is 0.451. The molecule has 4 heterocycles. The molecule has 1 fully saturated rings. The average Bonchev–Trinajstić information content (AvgIpc) is 3.21. The number of nitrogens with one attached hydrogen (secondary N) is 2. The molecule has 2 N–H and O–H groups in total. The summed E-state index contributed by atoms with van der Waals surface area (Å²) >= 11 is 1.65. The lowest BCUT2D eigenvalue weighted by Gasteiger charge is -2.39. The Morgan fingerprint density at radius 2 is 1.97 bits per heavy atom. The molecule has 0 radical (unpaired) electrons. The Bertz CT molecular complexity index is 1250. The highest BCUT2D eigenvalue weighted by Crippen LogP contribution is 2.32. The number of carbonyl (C=O) groups excluding carboxylic acids is 2. The molecule has 0 saturated carbocycles. The van der Waals surface area contributed by atoms with Crippen molar-refractivity contribution in [2.75, 3.05) is 23.3 Å². The van der Waals surface area contributed by atoms with Crippen LogP contribution < -0.4 is 15.5 Å². The molecule has 0 unspecified atom stereocenters. The molecule has 9 heteroatoms. The van der Waals surface area contributed by atoms with Crippen LogP contribution in [-0.2, 0) is 4.74 Å². The monoisotopic (exact) mass is 509 g/mol. The Kier molecular flexibility index (Phi) is 7.49. The lowest BCUT2D eigenvalue weighted by Crippen LogP contribution is -2.51. The summed E-state index contributed by atoms with van der Waals surface area (Å²) in [6.07, 6.45) is 3.81. The van der Waals surface area contributed by atoms with Crippen LogP contribution in [0.25, 0.3) is 10.2 Å². The van der Waals surface area contributed by atoms with E-state index in [2.05, 4.69) is 51.7 Å². The van der Waals surface area contributed by atoms with Crippen molar-refractivity contribution in [3.63, 3.8) is 0 Å². The number of hydrogen-bond acceptors (Lipinski definition) is 7. The van der Waals surface area contributed by atoms with Crippen LogP contribution in [0, 0.1) is 5.92 Å². The first-order chi connectivity index (χ1) is 17.0. The van der Waals surface area contributed by atoms with Crippen molar-refractivity contribution < 1.29 is 14.3 Å². The molecule has 1 aliphatic heterocycles. The molecule has 3 aromatic heterocycles. The summed E-state index contributed by atoms with van der Waals surface area (Å²) in [5.41, 5.74) is 3.33. The molecule has 1 aliphatic rings. The zero-order valence-electron chi connectivity index (χ0n) is 21.8. The van der Waals surface area contributed by atoms with E-state index in [4.69, 9.17) is 4.74 Å². The Labute approximate surface area is 216 Å². The van der Waals surface area contributed by atoms with Crippen molar-refractivity contribution in [3.8, 4) is 0 Å². The van der Waals surface area contributed by atoms with Crippen LogP contribution in [-0.4, -0.2) is 46.7 Å². The second-order valence-electron chi connectivity index (χ2n) is 10.8. The van der Waals surface area contributed by atoms with Gasteiger partial charge >= 0.3 is 6.09 Å². The number of aromatic nitrogens is 2. The molecule has 0 aromatic carbocycles. The van der Waals surface area contributed by atoms with E-state index in [9.17, 15) is 9.59 Å². The molecule has 0 bridgehead atoms. The standard InChI is InChI=1S/C27H35N5O3S/c1-16(2)19-15-36-23-8-7-20(30-24(19)23)25(33)31-21-12-28-10-9-22(21)32-13-17(3)11-18(14-32)29-26(34)35-27(4,5)6/h7-10,12,15-18H,11,13-14H2,1-6H3,(H,29,34)(H,31,33)/t17-,18+/m1/s1. The van der Waals surface area contributed by atoms with Crippen molar-refractivity contribution in [3.05, 3.63) is 47.2 Å². The number of thiophene rings is 1. The van der Waals surface area contributed by atoms with Gasteiger partial charge in [-0.25, -0.2) is 9.78 Å². The van der Waals surface area contributed by atoms with E-state index in [-0.39, 0.29) is 11.9 Å². The number of fused-ring (bicyclic) bond motifs is 1. The van der Waals surface area contributed by atoms with Gasteiger partial charge in [-0.2, -0.15) is 0 Å². The predicted octanol–water partition coefficient (Wildman–Crippen LogP) is 5.81. The molecule has 8 nitrogen and oxygen atoms in total. The fourth-order valence-electron chi connectivity index (χ4n) is 4.54. The number of pyridine rings is 2. The number of ether oxygens (including phenoxy) is 1. The van der Waals surface area contributed by atoms with Gasteiger partial charge in [-0.05, 0) is 68.2 Å². The first kappa shape index (κ1) is 25.9. The number of nitrogens with zero attached hydrogens (tertiary/aromatic N) is 3. The minimum Gasteiger partial charge on any atom is -0.444 e. The Morgan fingerprint density at radius 3 is 2.69 bits per heavy atom. The summed E-state index contributed by atoms with van der Waals surface area (Å²) in [6, 6.07) is 5.54. The molecule has 0 spiro atoms. The molecule has 192 valence electrons. The van der Waals surface area contributed by atoms with Gasteiger partial charge in [-0.15, -0.1) is 11.3 Å². The molecule has 1 saturated heterocycles. The van der Waals surface area contributed by atoms with Crippen molar-refractivity contribution in [2.45, 2.75) is 65.5 Å². The SMILES string of the molecule is CC(C)c1csc2ccc(C(=O)Nc3cnccc3N3C[C@H](C)C[C@H](NC(=O)OC(C)(C)C)C3)nc12. The van der Waals surface area contributed by atoms with Crippen LogP contribution in [0.4, 0.5) is 16.2 Å². The topological polar surface area (TPSA) is 96.5 Å². The van der Waals surface area contributed by atoms with Gasteiger partial charge in [0.05, 0.1) is 27.8 Å². The van der Waals surface area contributed by atoms with Crippen molar-refractivity contribution >= 4 is 44.9 Å². The van der Waals surface area contributed by atoms with Crippen molar-refractivity contribution in [2.24, 2.45) is 5.92 Å². The summed E-state index contributed by atoms with van der Waals surface area (Å²) in [4.78, 5) is 36.7. The maximum absolute atomic E-state index is 13.2. The van der Waals surface area contributed by atoms with E-state index in [1.165, 1.54) is 0 Å². The predicted molar refractivity (Wildman–Crippen MR) is 145 cm³/mol. The molecule has 2 amide bonds. The van der Waals surface area contributed by atoms with Crippen LogP contribution in [0.3, 0.4) is 0 Å². The maximum Gasteiger partial charge on any atom is 0.407 e. The van der Waals surface area contributed by atoms with E-state index in [1.54, 1.807) is 29.8 Å². The van der Waals surface area contributed by atoms with Gasteiger partial charge in [0.2, 0.25) is 0 Å². The third-order valence-electron chi connectivity index (χ3n) is 6.07. The smallest absolute Gasteiger partial charge is 0.407 e. The summed E-state index contributed by atoms with van der Waals surface area (Å²) < 4.78 is 6.52. The summed E-state index contributed by atoms with van der Waals surface area (Å²) in [5, 5.41) is 8.14. The van der Waals surface area contributed by atoms with E-state index in [0.29, 0.717) is 29.8 Å². The van der Waals surface area contributed by atoms with Gasteiger partial charge in [0, 0.05) is 25.3 Å². The Hall–Kier alpha value is -3.20. The number of piperidine rings is 1. The average molecular weight is 510 g/mol. The van der Waals surface area contributed by atoms with Gasteiger partial charge in [0.25, 0.3) is 5.91 Å². The lowest BCUT2D eigenvalue weighted by atomic mass is 9.95. The van der Waals surface area contributed by atoms with Gasteiger partial charge in [-0.3, -0.25) is 9.78 Å². The highest BCUT2D eigenvalue weighted by atomic mass is 32.1. The zero-order chi connectivity index (χ0) is 26.0. The molecule has 3 aromatic rings.